The Morgan fingerprint density at radius 3 is 2.11 bits per heavy atom. The van der Waals surface area contributed by atoms with E-state index in [2.05, 4.69) is 0 Å². The van der Waals surface area contributed by atoms with Crippen LogP contribution in [0.15, 0.2) is 84.9 Å². The molecule has 0 unspecified atom stereocenters. The Balaban J connectivity index is 1.79. The van der Waals surface area contributed by atoms with Gasteiger partial charge < -0.3 is 9.47 Å². The van der Waals surface area contributed by atoms with Gasteiger partial charge in [-0.3, -0.25) is 9.63 Å². The second-order valence-corrected chi connectivity index (χ2v) is 9.99. The average molecular weight is 501 g/mol. The molecule has 190 valence electrons. The highest BCUT2D eigenvalue weighted by Crippen LogP contribution is 2.59. The van der Waals surface area contributed by atoms with E-state index < -0.39 is 41.1 Å². The van der Waals surface area contributed by atoms with Gasteiger partial charge in [0.2, 0.25) is 6.10 Å². The van der Waals surface area contributed by atoms with Crippen molar-refractivity contribution in [3.63, 3.8) is 0 Å². The summed E-state index contributed by atoms with van der Waals surface area (Å²) in [6, 6.07) is 24.7. The predicted molar refractivity (Wildman–Crippen MR) is 137 cm³/mol. The molecule has 0 radical (unpaired) electrons. The number of nitrogens with zero attached hydrogens (tertiary/aromatic N) is 2. The molecular formula is C29H28N2O6. The number of hydrogen-bond acceptors (Lipinski definition) is 7. The lowest BCUT2D eigenvalue weighted by Gasteiger charge is -2.34. The van der Waals surface area contributed by atoms with Gasteiger partial charge in [0.1, 0.15) is 17.1 Å². The van der Waals surface area contributed by atoms with Gasteiger partial charge in [0.25, 0.3) is 5.91 Å². The number of ether oxygens (including phenoxy) is 2. The van der Waals surface area contributed by atoms with E-state index in [0.29, 0.717) is 16.9 Å². The Bertz CT molecular complexity index is 1340. The van der Waals surface area contributed by atoms with Crippen LogP contribution in [0.4, 0.5) is 16.2 Å². The van der Waals surface area contributed by atoms with E-state index in [-0.39, 0.29) is 0 Å². The summed E-state index contributed by atoms with van der Waals surface area (Å²) >= 11 is 0. The molecule has 1 spiro atoms. The number of carbonyl (C=O) groups excluding carboxylic acids is 3. The first-order valence-corrected chi connectivity index (χ1v) is 12.0. The van der Waals surface area contributed by atoms with Crippen molar-refractivity contribution in [3.8, 4) is 0 Å². The van der Waals surface area contributed by atoms with Crippen LogP contribution in [-0.4, -0.2) is 36.8 Å². The van der Waals surface area contributed by atoms with Crippen LogP contribution < -0.4 is 9.96 Å². The summed E-state index contributed by atoms with van der Waals surface area (Å²) in [4.78, 5) is 48.7. The maximum atomic E-state index is 14.6. The van der Waals surface area contributed by atoms with Crippen LogP contribution in [0.3, 0.4) is 0 Å². The van der Waals surface area contributed by atoms with Crippen LogP contribution in [0.1, 0.15) is 37.9 Å². The number of imide groups is 1. The molecule has 0 N–H and O–H groups in total. The second-order valence-electron chi connectivity index (χ2n) is 9.99. The zero-order valence-electron chi connectivity index (χ0n) is 21.1. The molecule has 5 rings (SSSR count). The third-order valence-electron chi connectivity index (χ3n) is 6.56. The molecule has 2 heterocycles. The number of amides is 2. The fourth-order valence-electron chi connectivity index (χ4n) is 5.17. The van der Waals surface area contributed by atoms with Crippen LogP contribution in [0.5, 0.6) is 0 Å². The lowest BCUT2D eigenvalue weighted by atomic mass is 9.69. The van der Waals surface area contributed by atoms with E-state index in [1.54, 1.807) is 50.1 Å². The normalized spacial score (nSPS) is 22.8. The van der Waals surface area contributed by atoms with Gasteiger partial charge in [-0.2, -0.15) is 0 Å². The molecule has 8 nitrogen and oxygen atoms in total. The fourth-order valence-corrected chi connectivity index (χ4v) is 5.17. The number of carbonyl (C=O) groups is 3. The maximum absolute atomic E-state index is 14.6. The molecular weight excluding hydrogens is 472 g/mol. The van der Waals surface area contributed by atoms with Gasteiger partial charge in [-0.15, -0.1) is 0 Å². The van der Waals surface area contributed by atoms with E-state index in [4.69, 9.17) is 14.3 Å². The van der Waals surface area contributed by atoms with Crippen molar-refractivity contribution in [2.45, 2.75) is 43.9 Å². The Labute approximate surface area is 215 Å². The van der Waals surface area contributed by atoms with Gasteiger partial charge in [-0.05, 0) is 50.1 Å². The van der Waals surface area contributed by atoms with Gasteiger partial charge in [0.05, 0.1) is 18.5 Å². The van der Waals surface area contributed by atoms with Crippen LogP contribution >= 0.6 is 0 Å². The third-order valence-corrected chi connectivity index (χ3v) is 6.56. The molecule has 2 amide bonds. The number of esters is 1. The van der Waals surface area contributed by atoms with Crippen LogP contribution in [0, 0.1) is 0 Å². The maximum Gasteiger partial charge on any atom is 0.421 e. The minimum atomic E-state index is -1.64. The summed E-state index contributed by atoms with van der Waals surface area (Å²) in [7, 11) is 1.25. The molecule has 0 aromatic heterocycles. The molecule has 3 aromatic rings. The number of benzene rings is 3. The van der Waals surface area contributed by atoms with Crippen molar-refractivity contribution < 1.29 is 28.7 Å². The zero-order valence-corrected chi connectivity index (χ0v) is 21.1. The number of methoxy groups -OCH3 is 1. The summed E-state index contributed by atoms with van der Waals surface area (Å²) in [5, 5.41) is 1.57. The topological polar surface area (TPSA) is 85.4 Å². The highest BCUT2D eigenvalue weighted by molar-refractivity contribution is 6.23. The van der Waals surface area contributed by atoms with Crippen molar-refractivity contribution >= 4 is 29.3 Å². The van der Waals surface area contributed by atoms with Crippen LogP contribution in [0.25, 0.3) is 0 Å². The first-order chi connectivity index (χ1) is 17.7. The van der Waals surface area contributed by atoms with Gasteiger partial charge in [-0.1, -0.05) is 66.7 Å². The van der Waals surface area contributed by atoms with Crippen molar-refractivity contribution in [1.29, 1.82) is 0 Å². The Morgan fingerprint density at radius 1 is 0.892 bits per heavy atom. The fraction of sp³-hybridized carbons (Fsp3) is 0.276. The van der Waals surface area contributed by atoms with Crippen LogP contribution in [-0.2, 0) is 29.3 Å². The van der Waals surface area contributed by atoms with Gasteiger partial charge in [0, 0.05) is 0 Å². The average Bonchev–Trinajstić information content (AvgIpc) is 3.37. The number of para-hydroxylation sites is 2. The SMILES string of the molecule is COC(=O)[C@@H]1ON(c2ccccc2)[C@H](c2ccccc2)[C@@]12C(=O)N(C(=O)OC(C)(C)C)c1ccccc12. The van der Waals surface area contributed by atoms with E-state index in [1.807, 2.05) is 60.7 Å². The predicted octanol–water partition coefficient (Wildman–Crippen LogP) is 4.94. The summed E-state index contributed by atoms with van der Waals surface area (Å²) in [6.45, 7) is 5.19. The highest BCUT2D eigenvalue weighted by atomic mass is 16.7. The molecule has 37 heavy (non-hydrogen) atoms. The van der Waals surface area contributed by atoms with E-state index in [9.17, 15) is 14.4 Å². The number of hydroxylamine groups is 1. The quantitative estimate of drug-likeness (QED) is 0.471. The standard InChI is InChI=1S/C29H28N2O6/c1-28(2,3)36-27(34)30-22-18-12-11-17-21(22)29(26(30)33)23(19-13-7-5-8-14-19)31(20-15-9-6-10-16-20)37-24(29)25(32)35-4/h5-18,23-24H,1-4H3/t23-,24+,29-/m1/s1. The van der Waals surface area contributed by atoms with E-state index in [1.165, 1.54) is 7.11 Å². The van der Waals surface area contributed by atoms with Gasteiger partial charge >= 0.3 is 12.1 Å². The Kier molecular flexibility index (Phi) is 6.00. The van der Waals surface area contributed by atoms with Crippen LogP contribution in [0.2, 0.25) is 0 Å². The van der Waals surface area contributed by atoms with Crippen molar-refractivity contribution in [1.82, 2.24) is 0 Å². The molecule has 3 atom stereocenters. The number of rotatable bonds is 3. The number of fused-ring (bicyclic) bond motifs is 2. The second kappa shape index (κ2) is 9.05. The molecule has 0 saturated carbocycles. The van der Waals surface area contributed by atoms with Crippen molar-refractivity contribution in [2.24, 2.45) is 0 Å². The van der Waals surface area contributed by atoms with Gasteiger partial charge in [0.15, 0.2) is 0 Å². The lowest BCUT2D eigenvalue weighted by Crippen LogP contribution is -2.54. The van der Waals surface area contributed by atoms with E-state index >= 15 is 0 Å². The Morgan fingerprint density at radius 2 is 1.49 bits per heavy atom. The number of hydrogen-bond donors (Lipinski definition) is 0. The monoisotopic (exact) mass is 500 g/mol. The largest absolute Gasteiger partial charge is 0.467 e. The molecule has 3 aromatic carbocycles. The van der Waals surface area contributed by atoms with Gasteiger partial charge in [-0.25, -0.2) is 19.6 Å². The Hall–Kier alpha value is -4.17. The summed E-state index contributed by atoms with van der Waals surface area (Å²) in [6.07, 6.45) is -2.19. The minimum Gasteiger partial charge on any atom is -0.467 e. The molecule has 1 saturated heterocycles. The molecule has 2 aliphatic heterocycles. The first-order valence-electron chi connectivity index (χ1n) is 12.0. The van der Waals surface area contributed by atoms with Crippen molar-refractivity contribution in [3.05, 3.63) is 96.1 Å². The molecule has 0 bridgehead atoms. The lowest BCUT2D eigenvalue weighted by molar-refractivity contribution is -0.156. The highest BCUT2D eigenvalue weighted by Gasteiger charge is 2.71. The summed E-state index contributed by atoms with van der Waals surface area (Å²) < 4.78 is 10.8. The smallest absolute Gasteiger partial charge is 0.421 e. The minimum absolute atomic E-state index is 0.343. The first kappa shape index (κ1) is 24.5. The number of anilines is 2. The molecule has 2 aliphatic rings. The molecule has 8 heteroatoms. The van der Waals surface area contributed by atoms with Crippen molar-refractivity contribution in [2.75, 3.05) is 17.1 Å². The molecule has 0 aliphatic carbocycles. The zero-order chi connectivity index (χ0) is 26.4. The third kappa shape index (κ3) is 3.84. The molecule has 1 fully saturated rings. The summed E-state index contributed by atoms with van der Waals surface area (Å²) in [5.41, 5.74) is -0.290. The summed E-state index contributed by atoms with van der Waals surface area (Å²) in [5.74, 6) is -1.35. The van der Waals surface area contributed by atoms with E-state index in [0.717, 1.165) is 10.5 Å².